The minimum Gasteiger partial charge on any atom is -0.394 e. The number of rotatable bonds is 7. The second-order valence-electron chi connectivity index (χ2n) is 4.33. The lowest BCUT2D eigenvalue weighted by molar-refractivity contribution is -0.122. The predicted molar refractivity (Wildman–Crippen MR) is 64.9 cm³/mol. The third kappa shape index (κ3) is 3.92. The van der Waals surface area contributed by atoms with Crippen LogP contribution in [0.2, 0.25) is 0 Å². The fourth-order valence-electron chi connectivity index (χ4n) is 1.72. The van der Waals surface area contributed by atoms with E-state index in [2.05, 4.69) is 5.10 Å². The number of aromatic nitrogens is 2. The molecule has 0 radical (unpaired) electrons. The Bertz CT molecular complexity index is 601. The lowest BCUT2D eigenvalue weighted by Crippen LogP contribution is -2.41. The minimum atomic E-state index is -4.46. The van der Waals surface area contributed by atoms with E-state index in [1.165, 1.54) is 23.3 Å². The molecule has 0 amide bonds. The summed E-state index contributed by atoms with van der Waals surface area (Å²) in [5.41, 5.74) is 0.142. The van der Waals surface area contributed by atoms with Crippen LogP contribution in [-0.4, -0.2) is 48.8 Å². The summed E-state index contributed by atoms with van der Waals surface area (Å²) in [5, 5.41) is 12.7. The molecule has 0 saturated heterocycles. The van der Waals surface area contributed by atoms with Gasteiger partial charge in [0, 0.05) is 0 Å². The Hall–Kier alpha value is -1.20. The lowest BCUT2D eigenvalue weighted by atomic mass is 10.4. The van der Waals surface area contributed by atoms with E-state index in [4.69, 9.17) is 5.11 Å². The van der Waals surface area contributed by atoms with E-state index in [-0.39, 0.29) is 29.4 Å². The lowest BCUT2D eigenvalue weighted by Gasteiger charge is -2.16. The van der Waals surface area contributed by atoms with E-state index < -0.39 is 28.9 Å². The monoisotopic (exact) mass is 333 g/mol. The van der Waals surface area contributed by atoms with E-state index >= 15 is 0 Å². The molecule has 0 aliphatic rings. The zero-order valence-corrected chi connectivity index (χ0v) is 12.1. The van der Waals surface area contributed by atoms with E-state index in [0.717, 1.165) is 0 Å². The first-order valence-electron chi connectivity index (χ1n) is 5.83. The highest BCUT2D eigenvalue weighted by Crippen LogP contribution is 2.24. The maximum atomic E-state index is 12.8. The average Bonchev–Trinajstić information content (AvgIpc) is 2.63. The van der Waals surface area contributed by atoms with E-state index in [0.29, 0.717) is 0 Å². The molecule has 1 aromatic heterocycles. The van der Waals surface area contributed by atoms with Crippen LogP contribution < -0.4 is 4.72 Å². The van der Waals surface area contributed by atoms with Crippen LogP contribution >= 0.6 is 0 Å². The first-order chi connectivity index (χ1) is 9.53. The summed E-state index contributed by atoms with van der Waals surface area (Å²) < 4.78 is 76.2. The number of sulfonamides is 1. The number of nitrogens with one attached hydrogen (secondary N) is 1. The van der Waals surface area contributed by atoms with Crippen molar-refractivity contribution in [3.8, 4) is 0 Å². The van der Waals surface area contributed by atoms with Gasteiger partial charge in [-0.25, -0.2) is 21.9 Å². The van der Waals surface area contributed by atoms with Gasteiger partial charge >= 0.3 is 12.3 Å². The SMILES string of the molecule is Cc1nn(CCO)c(C)c1S(=O)(=O)NCC(F)(F)C(F)F. The normalized spacial score (nSPS) is 13.1. The summed E-state index contributed by atoms with van der Waals surface area (Å²) in [6.07, 6.45) is -3.97. The van der Waals surface area contributed by atoms with Gasteiger partial charge in [-0.2, -0.15) is 13.9 Å². The van der Waals surface area contributed by atoms with Crippen LogP contribution in [0.3, 0.4) is 0 Å². The number of aliphatic hydroxyl groups excluding tert-OH is 1. The predicted octanol–water partition coefficient (Wildman–Crippen LogP) is 0.671. The highest BCUT2D eigenvalue weighted by atomic mass is 32.2. The second kappa shape index (κ2) is 6.28. The topological polar surface area (TPSA) is 84.2 Å². The summed E-state index contributed by atoms with van der Waals surface area (Å²) in [6.45, 7) is 0.723. The molecule has 122 valence electrons. The van der Waals surface area contributed by atoms with Crippen LogP contribution in [0, 0.1) is 13.8 Å². The number of halogens is 4. The third-order valence-electron chi connectivity index (χ3n) is 2.71. The van der Waals surface area contributed by atoms with Crippen LogP contribution in [0.15, 0.2) is 4.90 Å². The molecule has 6 nitrogen and oxygen atoms in total. The number of hydrogen-bond acceptors (Lipinski definition) is 4. The number of aryl methyl sites for hydroxylation is 1. The molecule has 1 rings (SSSR count). The summed E-state index contributed by atoms with van der Waals surface area (Å²) in [7, 11) is -4.41. The maximum Gasteiger partial charge on any atom is 0.320 e. The second-order valence-corrected chi connectivity index (χ2v) is 6.04. The van der Waals surface area contributed by atoms with Crippen LogP contribution in [-0.2, 0) is 16.6 Å². The molecule has 1 aromatic rings. The van der Waals surface area contributed by atoms with Gasteiger partial charge in [0.1, 0.15) is 4.90 Å². The van der Waals surface area contributed by atoms with Gasteiger partial charge in [-0.1, -0.05) is 0 Å². The van der Waals surface area contributed by atoms with Crippen molar-refractivity contribution in [3.63, 3.8) is 0 Å². The molecule has 0 unspecified atom stereocenters. The Labute approximate surface area is 118 Å². The quantitative estimate of drug-likeness (QED) is 0.719. The van der Waals surface area contributed by atoms with Gasteiger partial charge in [-0.05, 0) is 13.8 Å². The van der Waals surface area contributed by atoms with Crippen molar-refractivity contribution in [2.45, 2.75) is 37.6 Å². The molecule has 0 spiro atoms. The molecule has 21 heavy (non-hydrogen) atoms. The first-order valence-corrected chi connectivity index (χ1v) is 7.31. The maximum absolute atomic E-state index is 12.8. The van der Waals surface area contributed by atoms with Crippen LogP contribution in [0.4, 0.5) is 17.6 Å². The van der Waals surface area contributed by atoms with Crippen LogP contribution in [0.1, 0.15) is 11.4 Å². The summed E-state index contributed by atoms with van der Waals surface area (Å²) in [4.78, 5) is -0.360. The number of alkyl halides is 4. The Kier molecular flexibility index (Phi) is 5.34. The first kappa shape index (κ1) is 17.9. The van der Waals surface area contributed by atoms with Crippen molar-refractivity contribution in [2.75, 3.05) is 13.2 Å². The summed E-state index contributed by atoms with van der Waals surface area (Å²) in [6, 6.07) is 0. The number of hydrogen-bond donors (Lipinski definition) is 2. The summed E-state index contributed by atoms with van der Waals surface area (Å²) >= 11 is 0. The van der Waals surface area contributed by atoms with E-state index in [9.17, 15) is 26.0 Å². The molecule has 0 saturated carbocycles. The van der Waals surface area contributed by atoms with Crippen LogP contribution in [0.25, 0.3) is 0 Å². The standard InChI is InChI=1S/C10H15F4N3O3S/c1-6-8(7(2)17(16-6)3-4-18)21(19,20)15-5-10(13,14)9(11)12/h9,15,18H,3-5H2,1-2H3. The molecule has 0 aliphatic heterocycles. The van der Waals surface area contributed by atoms with E-state index in [1.807, 2.05) is 0 Å². The molecule has 0 bridgehead atoms. The Morgan fingerprint density at radius 2 is 1.95 bits per heavy atom. The van der Waals surface area contributed by atoms with Crippen molar-refractivity contribution >= 4 is 10.0 Å². The molecule has 1 heterocycles. The van der Waals surface area contributed by atoms with Crippen molar-refractivity contribution in [2.24, 2.45) is 0 Å². The van der Waals surface area contributed by atoms with Crippen molar-refractivity contribution in [1.29, 1.82) is 0 Å². The van der Waals surface area contributed by atoms with Gasteiger partial charge in [0.25, 0.3) is 0 Å². The Balaban J connectivity index is 3.04. The highest BCUT2D eigenvalue weighted by molar-refractivity contribution is 7.89. The zero-order chi connectivity index (χ0) is 16.4. The molecule has 0 fully saturated rings. The van der Waals surface area contributed by atoms with Gasteiger partial charge in [0.2, 0.25) is 10.0 Å². The van der Waals surface area contributed by atoms with E-state index in [1.54, 1.807) is 0 Å². The zero-order valence-electron chi connectivity index (χ0n) is 11.3. The highest BCUT2D eigenvalue weighted by Gasteiger charge is 2.42. The van der Waals surface area contributed by atoms with Gasteiger partial charge < -0.3 is 5.11 Å². The fourth-order valence-corrected chi connectivity index (χ4v) is 3.17. The molecule has 0 aromatic carbocycles. The Morgan fingerprint density at radius 1 is 1.38 bits per heavy atom. The van der Waals surface area contributed by atoms with Crippen LogP contribution in [0.5, 0.6) is 0 Å². The molecular formula is C10H15F4N3O3S. The molecule has 11 heteroatoms. The number of aliphatic hydroxyl groups is 1. The third-order valence-corrected chi connectivity index (χ3v) is 4.37. The average molecular weight is 333 g/mol. The van der Waals surface area contributed by atoms with Gasteiger partial charge in [0.15, 0.2) is 0 Å². The van der Waals surface area contributed by atoms with Gasteiger partial charge in [-0.15, -0.1) is 0 Å². The minimum absolute atomic E-state index is 0.0220. The largest absolute Gasteiger partial charge is 0.394 e. The van der Waals surface area contributed by atoms with Crippen molar-refractivity contribution in [3.05, 3.63) is 11.4 Å². The molecule has 0 aliphatic carbocycles. The molecular weight excluding hydrogens is 318 g/mol. The van der Waals surface area contributed by atoms with Crippen molar-refractivity contribution in [1.82, 2.24) is 14.5 Å². The molecule has 2 N–H and O–H groups in total. The van der Waals surface area contributed by atoms with Crippen molar-refractivity contribution < 1.29 is 31.1 Å². The van der Waals surface area contributed by atoms with Gasteiger partial charge in [-0.3, -0.25) is 4.68 Å². The van der Waals surface area contributed by atoms with Gasteiger partial charge in [0.05, 0.1) is 31.1 Å². The smallest absolute Gasteiger partial charge is 0.320 e. The Morgan fingerprint density at radius 3 is 2.43 bits per heavy atom. The summed E-state index contributed by atoms with van der Waals surface area (Å²) in [5.74, 6) is -4.46. The number of nitrogens with zero attached hydrogens (tertiary/aromatic N) is 2. The molecule has 0 atom stereocenters. The fraction of sp³-hybridized carbons (Fsp3) is 0.700.